The summed E-state index contributed by atoms with van der Waals surface area (Å²) in [4.78, 5) is 22.7. The van der Waals surface area contributed by atoms with Crippen molar-refractivity contribution in [2.45, 2.75) is 10.6 Å². The quantitative estimate of drug-likeness (QED) is 0.351. The van der Waals surface area contributed by atoms with Crippen molar-refractivity contribution in [3.63, 3.8) is 0 Å². The van der Waals surface area contributed by atoms with Gasteiger partial charge in [-0.05, 0) is 23.8 Å². The molecule has 0 bridgehead atoms. The number of benzene rings is 2. The summed E-state index contributed by atoms with van der Waals surface area (Å²) in [6.45, 7) is 0. The summed E-state index contributed by atoms with van der Waals surface area (Å²) in [5.41, 5.74) is 1.08. The molecular weight excluding hydrogens is 326 g/mol. The SMILES string of the molecule is COC(=O)c1cc([N+](=O)[O-])ccc1SCc1ccc(Cl)cc1. The van der Waals surface area contributed by atoms with E-state index < -0.39 is 10.9 Å². The van der Waals surface area contributed by atoms with Gasteiger partial charge in [0, 0.05) is 27.8 Å². The lowest BCUT2D eigenvalue weighted by Crippen LogP contribution is -2.04. The number of carbonyl (C=O) groups excluding carboxylic acids is 1. The Bertz CT molecular complexity index is 703. The van der Waals surface area contributed by atoms with Gasteiger partial charge in [0.1, 0.15) is 0 Å². The van der Waals surface area contributed by atoms with Gasteiger partial charge in [-0.15, -0.1) is 11.8 Å². The van der Waals surface area contributed by atoms with Crippen LogP contribution in [-0.4, -0.2) is 18.0 Å². The van der Waals surface area contributed by atoms with E-state index in [0.717, 1.165) is 5.56 Å². The molecule has 2 aromatic carbocycles. The van der Waals surface area contributed by atoms with Gasteiger partial charge in [0.2, 0.25) is 0 Å². The van der Waals surface area contributed by atoms with Crippen LogP contribution in [0, 0.1) is 10.1 Å². The molecule has 5 nitrogen and oxygen atoms in total. The maximum atomic E-state index is 11.8. The molecule has 0 spiro atoms. The number of non-ortho nitro benzene ring substituents is 1. The molecule has 0 saturated carbocycles. The van der Waals surface area contributed by atoms with Crippen LogP contribution in [0.1, 0.15) is 15.9 Å². The first-order chi connectivity index (χ1) is 10.5. The number of thioether (sulfide) groups is 1. The monoisotopic (exact) mass is 337 g/mol. The van der Waals surface area contributed by atoms with Crippen LogP contribution in [-0.2, 0) is 10.5 Å². The van der Waals surface area contributed by atoms with Crippen molar-refractivity contribution in [1.29, 1.82) is 0 Å². The van der Waals surface area contributed by atoms with Crippen molar-refractivity contribution in [2.24, 2.45) is 0 Å². The van der Waals surface area contributed by atoms with E-state index in [-0.39, 0.29) is 11.3 Å². The number of esters is 1. The number of carbonyl (C=O) groups is 1. The molecule has 0 atom stereocenters. The molecule has 7 heteroatoms. The zero-order valence-electron chi connectivity index (χ0n) is 11.6. The summed E-state index contributed by atoms with van der Waals surface area (Å²) >= 11 is 7.23. The second-order valence-electron chi connectivity index (χ2n) is 4.34. The number of ether oxygens (including phenoxy) is 1. The highest BCUT2D eigenvalue weighted by Gasteiger charge is 2.17. The number of hydrogen-bond acceptors (Lipinski definition) is 5. The third-order valence-corrected chi connectivity index (χ3v) is 4.28. The third kappa shape index (κ3) is 3.99. The van der Waals surface area contributed by atoms with E-state index in [9.17, 15) is 14.9 Å². The Balaban J connectivity index is 2.23. The molecule has 22 heavy (non-hydrogen) atoms. The largest absolute Gasteiger partial charge is 0.465 e. The van der Waals surface area contributed by atoms with Gasteiger partial charge in [-0.3, -0.25) is 10.1 Å². The molecule has 0 aliphatic carbocycles. The molecule has 2 aromatic rings. The van der Waals surface area contributed by atoms with Crippen LogP contribution in [0.15, 0.2) is 47.4 Å². The first-order valence-electron chi connectivity index (χ1n) is 6.25. The lowest BCUT2D eigenvalue weighted by molar-refractivity contribution is -0.384. The van der Waals surface area contributed by atoms with Crippen LogP contribution >= 0.6 is 23.4 Å². The average Bonchev–Trinajstić information content (AvgIpc) is 2.53. The molecule has 0 saturated heterocycles. The average molecular weight is 338 g/mol. The van der Waals surface area contributed by atoms with Gasteiger partial charge in [0.15, 0.2) is 0 Å². The zero-order chi connectivity index (χ0) is 16.1. The first-order valence-corrected chi connectivity index (χ1v) is 7.61. The molecule has 0 heterocycles. The van der Waals surface area contributed by atoms with Gasteiger partial charge < -0.3 is 4.74 Å². The molecule has 0 aliphatic heterocycles. The van der Waals surface area contributed by atoms with Gasteiger partial charge in [-0.2, -0.15) is 0 Å². The Labute approximate surface area is 136 Å². The van der Waals surface area contributed by atoms with Crippen molar-refractivity contribution in [2.75, 3.05) is 7.11 Å². The lowest BCUT2D eigenvalue weighted by Gasteiger charge is -2.08. The molecular formula is C15H12ClNO4S. The predicted molar refractivity (Wildman–Crippen MR) is 85.4 cm³/mol. The normalized spacial score (nSPS) is 10.3. The van der Waals surface area contributed by atoms with E-state index >= 15 is 0 Å². The van der Waals surface area contributed by atoms with Crippen molar-refractivity contribution >= 4 is 35.0 Å². The standard InChI is InChI=1S/C15H12ClNO4S/c1-21-15(18)13-8-12(17(19)20)6-7-14(13)22-9-10-2-4-11(16)5-3-10/h2-8H,9H2,1H3. The molecule has 2 rings (SSSR count). The van der Waals surface area contributed by atoms with Crippen molar-refractivity contribution in [3.8, 4) is 0 Å². The number of halogens is 1. The second kappa shape index (κ2) is 7.29. The zero-order valence-corrected chi connectivity index (χ0v) is 13.2. The summed E-state index contributed by atoms with van der Waals surface area (Å²) in [7, 11) is 1.24. The molecule has 0 aromatic heterocycles. The van der Waals surface area contributed by atoms with Gasteiger partial charge >= 0.3 is 5.97 Å². The van der Waals surface area contributed by atoms with Crippen molar-refractivity contribution < 1.29 is 14.5 Å². The summed E-state index contributed by atoms with van der Waals surface area (Å²) in [5.74, 6) is 0.0150. The van der Waals surface area contributed by atoms with Crippen LogP contribution in [0.3, 0.4) is 0 Å². The Kier molecular flexibility index (Phi) is 5.41. The summed E-state index contributed by atoms with van der Waals surface area (Å²) in [5, 5.41) is 11.5. The van der Waals surface area contributed by atoms with Gasteiger partial charge in [0.05, 0.1) is 17.6 Å². The Morgan fingerprint density at radius 2 is 1.95 bits per heavy atom. The number of nitro benzene ring substituents is 1. The van der Waals surface area contributed by atoms with Crippen LogP contribution in [0.5, 0.6) is 0 Å². The van der Waals surface area contributed by atoms with Crippen LogP contribution in [0.2, 0.25) is 5.02 Å². The van der Waals surface area contributed by atoms with Crippen LogP contribution < -0.4 is 0 Å². The van der Waals surface area contributed by atoms with Crippen LogP contribution in [0.25, 0.3) is 0 Å². The van der Waals surface area contributed by atoms with Crippen molar-refractivity contribution in [1.82, 2.24) is 0 Å². The number of nitro groups is 1. The van der Waals surface area contributed by atoms with E-state index in [0.29, 0.717) is 15.7 Å². The van der Waals surface area contributed by atoms with E-state index in [1.807, 2.05) is 12.1 Å². The molecule has 0 fully saturated rings. The minimum atomic E-state index is -0.595. The maximum Gasteiger partial charge on any atom is 0.339 e. The molecule has 0 aliphatic rings. The van der Waals surface area contributed by atoms with Gasteiger partial charge in [0.25, 0.3) is 5.69 Å². The second-order valence-corrected chi connectivity index (χ2v) is 5.80. The van der Waals surface area contributed by atoms with Gasteiger partial charge in [-0.25, -0.2) is 4.79 Å². The third-order valence-electron chi connectivity index (χ3n) is 2.89. The first kappa shape index (κ1) is 16.3. The predicted octanol–water partition coefficient (Wildman–Crippen LogP) is 4.33. The Morgan fingerprint density at radius 3 is 2.55 bits per heavy atom. The molecule has 0 unspecified atom stereocenters. The molecule has 0 amide bonds. The molecule has 0 radical (unpaired) electrons. The Morgan fingerprint density at radius 1 is 1.27 bits per heavy atom. The fourth-order valence-corrected chi connectivity index (χ4v) is 2.87. The highest BCUT2D eigenvalue weighted by Crippen LogP contribution is 2.30. The molecule has 0 N–H and O–H groups in total. The highest BCUT2D eigenvalue weighted by molar-refractivity contribution is 7.98. The number of methoxy groups -OCH3 is 1. The lowest BCUT2D eigenvalue weighted by atomic mass is 10.2. The number of hydrogen-bond donors (Lipinski definition) is 0. The van der Waals surface area contributed by atoms with Crippen molar-refractivity contribution in [3.05, 3.63) is 68.7 Å². The summed E-state index contributed by atoms with van der Waals surface area (Å²) in [6.07, 6.45) is 0. The maximum absolute atomic E-state index is 11.8. The van der Waals surface area contributed by atoms with E-state index in [4.69, 9.17) is 11.6 Å². The Hall–Kier alpha value is -2.05. The topological polar surface area (TPSA) is 69.4 Å². The summed E-state index contributed by atoms with van der Waals surface area (Å²) < 4.78 is 4.69. The highest BCUT2D eigenvalue weighted by atomic mass is 35.5. The minimum absolute atomic E-state index is 0.142. The van der Waals surface area contributed by atoms with E-state index in [2.05, 4.69) is 4.74 Å². The summed E-state index contributed by atoms with van der Waals surface area (Å²) in [6, 6.07) is 11.5. The minimum Gasteiger partial charge on any atom is -0.465 e. The van der Waals surface area contributed by atoms with Gasteiger partial charge in [-0.1, -0.05) is 23.7 Å². The van der Waals surface area contributed by atoms with Crippen LogP contribution in [0.4, 0.5) is 5.69 Å². The molecule has 114 valence electrons. The smallest absolute Gasteiger partial charge is 0.339 e. The number of rotatable bonds is 5. The van der Waals surface area contributed by atoms with E-state index in [1.54, 1.807) is 18.2 Å². The fraction of sp³-hybridized carbons (Fsp3) is 0.133. The fourth-order valence-electron chi connectivity index (χ4n) is 1.77. The number of nitrogens with zero attached hydrogens (tertiary/aromatic N) is 1. The van der Waals surface area contributed by atoms with E-state index in [1.165, 1.54) is 31.0 Å².